The number of ketones is 1. The van der Waals surface area contributed by atoms with Gasteiger partial charge in [0, 0.05) is 44.8 Å². The maximum absolute atomic E-state index is 15.3. The summed E-state index contributed by atoms with van der Waals surface area (Å²) in [5, 5.41) is 13.2. The van der Waals surface area contributed by atoms with E-state index in [-0.39, 0.29) is 25.7 Å². The first-order valence-electron chi connectivity index (χ1n) is 27.0. The Kier molecular flexibility index (Phi) is 21.1. The predicted molar refractivity (Wildman–Crippen MR) is 289 cm³/mol. The van der Waals surface area contributed by atoms with Crippen molar-refractivity contribution in [2.75, 3.05) is 34.6 Å². The lowest BCUT2D eigenvalue weighted by molar-refractivity contribution is -0.318. The largest absolute Gasteiger partial charge is 0.459 e. The molecule has 0 saturated carbocycles. The van der Waals surface area contributed by atoms with Crippen LogP contribution in [0.3, 0.4) is 0 Å². The van der Waals surface area contributed by atoms with Crippen LogP contribution >= 0.6 is 0 Å². The van der Waals surface area contributed by atoms with Gasteiger partial charge in [-0.25, -0.2) is 9.59 Å². The van der Waals surface area contributed by atoms with Crippen LogP contribution in [-0.4, -0.2) is 161 Å². The van der Waals surface area contributed by atoms with Gasteiger partial charge in [-0.3, -0.25) is 13.8 Å². The molecule has 18 nitrogen and oxygen atoms in total. The van der Waals surface area contributed by atoms with Gasteiger partial charge >= 0.3 is 17.9 Å². The number of Topliss-reactive ketones (excluding diaryl/α,β-unsaturated/α-hetero) is 1. The number of rotatable bonds is 16. The molecule has 3 aliphatic heterocycles. The number of ether oxygens (including phenoxy) is 9. The lowest BCUT2D eigenvalue weighted by atomic mass is 9.72. The molecule has 3 aromatic carbocycles. The first kappa shape index (κ1) is 62.5. The van der Waals surface area contributed by atoms with E-state index in [0.717, 1.165) is 6.26 Å². The fourth-order valence-corrected chi connectivity index (χ4v) is 12.5. The van der Waals surface area contributed by atoms with Crippen LogP contribution in [0.5, 0.6) is 0 Å². The molecule has 3 fully saturated rings. The van der Waals surface area contributed by atoms with E-state index in [1.54, 1.807) is 133 Å². The van der Waals surface area contributed by atoms with Crippen molar-refractivity contribution in [3.05, 3.63) is 108 Å². The van der Waals surface area contributed by atoms with Crippen molar-refractivity contribution in [1.29, 1.82) is 0 Å². The van der Waals surface area contributed by atoms with Crippen LogP contribution < -0.4 is 0 Å². The first-order valence-corrected chi connectivity index (χ1v) is 28.8. The fourth-order valence-electron chi connectivity index (χ4n) is 11.8. The molecule has 0 bridgehead atoms. The van der Waals surface area contributed by atoms with E-state index in [9.17, 15) is 23.1 Å². The molecular formula is C59H83NO17S. The molecule has 0 amide bonds. The first-order chi connectivity index (χ1) is 36.7. The van der Waals surface area contributed by atoms with Gasteiger partial charge in [-0.05, 0) is 97.8 Å². The van der Waals surface area contributed by atoms with Gasteiger partial charge in [0.15, 0.2) is 24.8 Å². The van der Waals surface area contributed by atoms with Crippen molar-refractivity contribution < 1.29 is 79.5 Å². The molecule has 6 rings (SSSR count). The van der Waals surface area contributed by atoms with E-state index in [4.69, 9.17) is 46.8 Å². The van der Waals surface area contributed by atoms with Crippen LogP contribution in [0.25, 0.3) is 0 Å². The molecule has 18 atom stereocenters. The minimum Gasteiger partial charge on any atom is -0.459 e. The summed E-state index contributed by atoms with van der Waals surface area (Å²) in [6, 6.07) is 25.4. The van der Waals surface area contributed by atoms with Gasteiger partial charge in [0.1, 0.15) is 29.2 Å². The van der Waals surface area contributed by atoms with Crippen molar-refractivity contribution in [1.82, 2.24) is 4.90 Å². The van der Waals surface area contributed by atoms with Gasteiger partial charge in [-0.15, -0.1) is 0 Å². The van der Waals surface area contributed by atoms with E-state index >= 15 is 9.59 Å². The SMILES string of the molecule is CC[C@H]1OC(=O)[C@H](C)[C@@H](OC2C[C@@](C)(OC)[C@@H](OC(=O)c3ccccc3)[C@H](C)O2)[C@H](C)[C@@H](OC2O[C@H](C)C[C@H](N(C)C)[C@H]2OC(=O)c2ccccc2)[C@@](C)(OC)C[C@@H](C)C(=O)[C@H](C)[C@H](OS(C)(=O)=O)[C@@]1(O)Cc1ccccc1. The molecule has 3 heterocycles. The predicted octanol–water partition coefficient (Wildman–Crippen LogP) is 7.38. The quantitative estimate of drug-likeness (QED) is 0.0841. The number of nitrogens with zero attached hydrogens (tertiary/aromatic N) is 1. The highest BCUT2D eigenvalue weighted by atomic mass is 32.2. The molecule has 0 aliphatic carbocycles. The van der Waals surface area contributed by atoms with E-state index in [0.29, 0.717) is 23.1 Å². The Bertz CT molecular complexity index is 2570. The highest BCUT2D eigenvalue weighted by molar-refractivity contribution is 7.86. The number of methoxy groups -OCH3 is 2. The summed E-state index contributed by atoms with van der Waals surface area (Å²) in [4.78, 5) is 59.9. The lowest BCUT2D eigenvalue weighted by Crippen LogP contribution is -2.63. The molecule has 2 unspecified atom stereocenters. The number of cyclic esters (lactones) is 1. The highest BCUT2D eigenvalue weighted by Crippen LogP contribution is 2.44. The van der Waals surface area contributed by atoms with Gasteiger partial charge in [-0.1, -0.05) is 94.4 Å². The van der Waals surface area contributed by atoms with Crippen LogP contribution in [0.1, 0.15) is 114 Å². The number of hydrogen-bond donors (Lipinski definition) is 1. The molecule has 3 saturated heterocycles. The maximum atomic E-state index is 15.3. The zero-order valence-electron chi connectivity index (χ0n) is 47.7. The third-order valence-electron chi connectivity index (χ3n) is 16.1. The molecule has 1 N–H and O–H groups in total. The van der Waals surface area contributed by atoms with E-state index < -0.39 is 142 Å². The summed E-state index contributed by atoms with van der Waals surface area (Å²) < 4.78 is 91.6. The monoisotopic (exact) mass is 1110 g/mol. The number of carbonyl (C=O) groups is 4. The zero-order chi connectivity index (χ0) is 57.5. The van der Waals surface area contributed by atoms with Crippen molar-refractivity contribution in [2.45, 2.75) is 179 Å². The number of aliphatic hydroxyl groups is 1. The third-order valence-corrected chi connectivity index (χ3v) is 16.6. The Balaban J connectivity index is 1.51. The van der Waals surface area contributed by atoms with E-state index in [2.05, 4.69) is 0 Å². The topological polar surface area (TPSA) is 218 Å². The Morgan fingerprint density at radius 2 is 1.26 bits per heavy atom. The van der Waals surface area contributed by atoms with Gasteiger partial charge in [0.05, 0.1) is 59.4 Å². The Morgan fingerprint density at radius 3 is 1.78 bits per heavy atom. The summed E-state index contributed by atoms with van der Waals surface area (Å²) in [5.41, 5.74) is -3.81. The molecule has 0 radical (unpaired) electrons. The average molecular weight is 1110 g/mol. The van der Waals surface area contributed by atoms with Gasteiger partial charge in [0.25, 0.3) is 10.1 Å². The smallest absolute Gasteiger partial charge is 0.338 e. The van der Waals surface area contributed by atoms with E-state index in [1.165, 1.54) is 21.1 Å². The Labute approximate surface area is 461 Å². The van der Waals surface area contributed by atoms with E-state index in [1.807, 2.05) is 32.8 Å². The van der Waals surface area contributed by atoms with Crippen LogP contribution in [0.4, 0.5) is 0 Å². The molecule has 3 aliphatic rings. The second kappa shape index (κ2) is 26.3. The standard InChI is InChI=1S/C59H83NO17S/c1-15-45-59(65,33-41-25-19-16-20-26-41)51(77-78(14,66)67)37(4)47(61)35(2)32-57(8,68-12)50(76-56-49(44(60(10)11)31-36(3)70-56)74-54(63)42-27-21-17-22-28-42)38(5)48(39(6)53(62)72-45)73-46-34-58(9,69-13)52(40(7)71-46)75-55(64)43-29-23-18-24-30-43/h16-30,35-40,44-46,48-52,56,65H,15,31-34H2,1-14H3/t35-,36-,37+,38+,39-,40+,44+,45-,46?,48+,49-,50-,51+,52+,56?,57+,58-,59-/m1/s1. The lowest BCUT2D eigenvalue weighted by Gasteiger charge is -2.50. The van der Waals surface area contributed by atoms with Gasteiger partial charge in [-0.2, -0.15) is 8.42 Å². The van der Waals surface area contributed by atoms with Gasteiger partial charge < -0.3 is 52.6 Å². The summed E-state index contributed by atoms with van der Waals surface area (Å²) in [6.45, 7) is 15.4. The van der Waals surface area contributed by atoms with Gasteiger partial charge in [0.2, 0.25) is 0 Å². The Morgan fingerprint density at radius 1 is 0.718 bits per heavy atom. The maximum Gasteiger partial charge on any atom is 0.338 e. The van der Waals surface area contributed by atoms with Crippen LogP contribution in [0, 0.1) is 23.7 Å². The molecule has 19 heteroatoms. The second-order valence-electron chi connectivity index (χ2n) is 22.3. The molecular weight excluding hydrogens is 1030 g/mol. The number of carbonyl (C=O) groups excluding carboxylic acids is 4. The van der Waals surface area contributed by atoms with Crippen LogP contribution in [0.2, 0.25) is 0 Å². The summed E-state index contributed by atoms with van der Waals surface area (Å²) in [7, 11) is 2.31. The van der Waals surface area contributed by atoms with Crippen molar-refractivity contribution in [2.24, 2.45) is 23.7 Å². The van der Waals surface area contributed by atoms with Crippen molar-refractivity contribution in [3.63, 3.8) is 0 Å². The summed E-state index contributed by atoms with van der Waals surface area (Å²) in [5.74, 6) is -6.94. The Hall–Kier alpha value is -4.67. The normalized spacial score (nSPS) is 36.5. The minimum atomic E-state index is -4.39. The minimum absolute atomic E-state index is 0.00768. The number of hydrogen-bond acceptors (Lipinski definition) is 18. The summed E-state index contributed by atoms with van der Waals surface area (Å²) >= 11 is 0. The second-order valence-corrected chi connectivity index (χ2v) is 23.9. The molecule has 3 aromatic rings. The summed E-state index contributed by atoms with van der Waals surface area (Å²) in [6.07, 6.45) is -10.3. The fraction of sp³-hybridized carbons (Fsp3) is 0.627. The van der Waals surface area contributed by atoms with Crippen LogP contribution in [-0.2, 0) is 72.9 Å². The molecule has 78 heavy (non-hydrogen) atoms. The van der Waals surface area contributed by atoms with Crippen molar-refractivity contribution in [3.8, 4) is 0 Å². The highest BCUT2D eigenvalue weighted by Gasteiger charge is 2.57. The van der Waals surface area contributed by atoms with Crippen LogP contribution in [0.15, 0.2) is 91.0 Å². The van der Waals surface area contributed by atoms with Crippen molar-refractivity contribution >= 4 is 33.8 Å². The molecule has 0 aromatic heterocycles. The number of benzene rings is 3. The number of likely N-dealkylation sites (N-methyl/N-ethyl adjacent to an activating group) is 1. The third kappa shape index (κ3) is 14.6. The molecule has 432 valence electrons. The molecule has 0 spiro atoms. The number of esters is 3. The average Bonchev–Trinajstić information content (AvgIpc) is 3.43. The zero-order valence-corrected chi connectivity index (χ0v) is 48.5.